The summed E-state index contributed by atoms with van der Waals surface area (Å²) in [7, 11) is 0. The number of hydrazone groups is 1. The number of carbonyl (C=O) groups is 1. The van der Waals surface area contributed by atoms with Gasteiger partial charge in [-0.3, -0.25) is 4.79 Å². The lowest BCUT2D eigenvalue weighted by atomic mass is 9.93. The van der Waals surface area contributed by atoms with Crippen LogP contribution in [0.5, 0.6) is 0 Å². The minimum Gasteiger partial charge on any atom is -0.272 e. The predicted molar refractivity (Wildman–Crippen MR) is 68.5 cm³/mol. The molecule has 1 amide bonds. The van der Waals surface area contributed by atoms with Crippen molar-refractivity contribution < 1.29 is 13.6 Å². The number of hydrogen-bond acceptors (Lipinski definition) is 2. The van der Waals surface area contributed by atoms with Crippen molar-refractivity contribution in [3.63, 3.8) is 0 Å². The van der Waals surface area contributed by atoms with Crippen LogP contribution in [0.2, 0.25) is 0 Å². The molecule has 1 heterocycles. The van der Waals surface area contributed by atoms with E-state index in [-0.39, 0.29) is 5.91 Å². The van der Waals surface area contributed by atoms with Crippen LogP contribution >= 0.6 is 0 Å². The fraction of sp³-hybridized carbons (Fsp3) is 0.429. The van der Waals surface area contributed by atoms with E-state index in [9.17, 15) is 13.6 Å². The van der Waals surface area contributed by atoms with Gasteiger partial charge in [0.25, 0.3) is 0 Å². The van der Waals surface area contributed by atoms with Crippen molar-refractivity contribution in [3.05, 3.63) is 35.4 Å². The molecular weight excluding hydrogens is 250 g/mol. The molecule has 0 fully saturated rings. The number of amides is 1. The fourth-order valence-corrected chi connectivity index (χ4v) is 2.00. The number of hydrogen-bond donors (Lipinski definition) is 0. The molecular formula is C14H16F2N2O. The third-order valence-corrected chi connectivity index (χ3v) is 2.95. The van der Waals surface area contributed by atoms with E-state index in [0.29, 0.717) is 12.0 Å². The predicted octanol–water partition coefficient (Wildman–Crippen LogP) is 3.27. The van der Waals surface area contributed by atoms with Crippen LogP contribution in [0.25, 0.3) is 0 Å². The summed E-state index contributed by atoms with van der Waals surface area (Å²) in [5.41, 5.74) is -0.168. The monoisotopic (exact) mass is 266 g/mol. The number of benzene rings is 1. The molecule has 1 aliphatic rings. The van der Waals surface area contributed by atoms with Crippen molar-refractivity contribution in [2.75, 3.05) is 0 Å². The molecule has 19 heavy (non-hydrogen) atoms. The van der Waals surface area contributed by atoms with Gasteiger partial charge < -0.3 is 0 Å². The first-order valence-electron chi connectivity index (χ1n) is 6.11. The Kier molecular flexibility index (Phi) is 3.39. The van der Waals surface area contributed by atoms with Gasteiger partial charge in [-0.15, -0.1) is 0 Å². The van der Waals surface area contributed by atoms with Gasteiger partial charge in [-0.25, -0.2) is 13.8 Å². The highest BCUT2D eigenvalue weighted by Gasteiger charge is 2.35. The Balaban J connectivity index is 2.32. The first-order chi connectivity index (χ1) is 8.79. The van der Waals surface area contributed by atoms with Crippen molar-refractivity contribution in [1.29, 1.82) is 0 Å². The maximum Gasteiger partial charge on any atom is 0.248 e. The molecule has 0 radical (unpaired) electrons. The highest BCUT2D eigenvalue weighted by molar-refractivity contribution is 5.84. The maximum absolute atomic E-state index is 13.3. The molecule has 2 rings (SSSR count). The average molecular weight is 266 g/mol. The van der Waals surface area contributed by atoms with Crippen LogP contribution in [0.3, 0.4) is 0 Å². The Morgan fingerprint density at radius 1 is 1.26 bits per heavy atom. The third-order valence-electron chi connectivity index (χ3n) is 2.95. The highest BCUT2D eigenvalue weighted by Crippen LogP contribution is 2.32. The van der Waals surface area contributed by atoms with Gasteiger partial charge in [0.05, 0.1) is 6.04 Å². The molecule has 102 valence electrons. The Morgan fingerprint density at radius 2 is 1.84 bits per heavy atom. The molecule has 0 saturated carbocycles. The van der Waals surface area contributed by atoms with E-state index in [1.807, 2.05) is 0 Å². The van der Waals surface area contributed by atoms with Crippen LogP contribution in [0.1, 0.15) is 38.8 Å². The second kappa shape index (κ2) is 4.72. The zero-order valence-electron chi connectivity index (χ0n) is 11.2. The molecule has 0 saturated heterocycles. The molecule has 1 aromatic carbocycles. The van der Waals surface area contributed by atoms with Crippen molar-refractivity contribution in [3.8, 4) is 0 Å². The van der Waals surface area contributed by atoms with Gasteiger partial charge in [-0.1, -0.05) is 20.8 Å². The summed E-state index contributed by atoms with van der Waals surface area (Å²) < 4.78 is 26.5. The lowest BCUT2D eigenvalue weighted by Crippen LogP contribution is -2.36. The van der Waals surface area contributed by atoms with Crippen LogP contribution in [0.4, 0.5) is 8.78 Å². The largest absolute Gasteiger partial charge is 0.272 e. The molecule has 0 N–H and O–H groups in total. The summed E-state index contributed by atoms with van der Waals surface area (Å²) in [5, 5.41) is 5.35. The van der Waals surface area contributed by atoms with E-state index in [1.54, 1.807) is 27.0 Å². The smallest absolute Gasteiger partial charge is 0.248 e. The van der Waals surface area contributed by atoms with E-state index in [2.05, 4.69) is 5.10 Å². The first-order valence-corrected chi connectivity index (χ1v) is 6.11. The van der Waals surface area contributed by atoms with E-state index in [4.69, 9.17) is 0 Å². The number of rotatable bonds is 1. The molecule has 0 unspecified atom stereocenters. The van der Waals surface area contributed by atoms with Crippen molar-refractivity contribution >= 4 is 12.1 Å². The summed E-state index contributed by atoms with van der Waals surface area (Å²) >= 11 is 0. The highest BCUT2D eigenvalue weighted by atomic mass is 19.1. The van der Waals surface area contributed by atoms with E-state index in [0.717, 1.165) is 6.07 Å². The first kappa shape index (κ1) is 13.6. The lowest BCUT2D eigenvalue weighted by molar-refractivity contribution is -0.141. The Labute approximate surface area is 110 Å². The molecule has 3 nitrogen and oxygen atoms in total. The van der Waals surface area contributed by atoms with Gasteiger partial charge in [0, 0.05) is 24.1 Å². The topological polar surface area (TPSA) is 32.7 Å². The molecule has 1 aliphatic heterocycles. The van der Waals surface area contributed by atoms with E-state index >= 15 is 0 Å². The minimum atomic E-state index is -0.648. The second-order valence-corrected chi connectivity index (χ2v) is 5.65. The molecule has 5 heteroatoms. The van der Waals surface area contributed by atoms with Crippen LogP contribution < -0.4 is 0 Å². The van der Waals surface area contributed by atoms with Gasteiger partial charge in [0.2, 0.25) is 5.91 Å². The molecule has 0 aromatic heterocycles. The van der Waals surface area contributed by atoms with Gasteiger partial charge in [-0.2, -0.15) is 5.10 Å². The summed E-state index contributed by atoms with van der Waals surface area (Å²) in [4.78, 5) is 12.2. The standard InChI is InChI=1S/C14H16F2N2O/c1-14(2,3)13(19)18-12(4-5-17-18)9-6-10(15)8-11(16)7-9/h5-8,12H,4H2,1-3H3/t12-/m0/s1. The van der Waals surface area contributed by atoms with E-state index < -0.39 is 23.1 Å². The lowest BCUT2D eigenvalue weighted by Gasteiger charge is -2.28. The van der Waals surface area contributed by atoms with Gasteiger partial charge in [0.15, 0.2) is 0 Å². The summed E-state index contributed by atoms with van der Waals surface area (Å²) in [6, 6.07) is 2.86. The summed E-state index contributed by atoms with van der Waals surface area (Å²) in [6.45, 7) is 5.35. The molecule has 0 aliphatic carbocycles. The van der Waals surface area contributed by atoms with Crippen LogP contribution in [0.15, 0.2) is 23.3 Å². The van der Waals surface area contributed by atoms with Crippen molar-refractivity contribution in [2.24, 2.45) is 10.5 Å². The quantitative estimate of drug-likeness (QED) is 0.767. The maximum atomic E-state index is 13.3. The third kappa shape index (κ3) is 2.80. The molecule has 1 atom stereocenters. The van der Waals surface area contributed by atoms with Crippen LogP contribution in [-0.4, -0.2) is 17.1 Å². The summed E-state index contributed by atoms with van der Waals surface area (Å²) in [6.07, 6.45) is 2.06. The molecule has 0 bridgehead atoms. The SMILES string of the molecule is CC(C)(C)C(=O)N1N=CC[C@H]1c1cc(F)cc(F)c1. The van der Waals surface area contributed by atoms with Gasteiger partial charge >= 0.3 is 0 Å². The fourth-order valence-electron chi connectivity index (χ4n) is 2.00. The average Bonchev–Trinajstić information content (AvgIpc) is 2.73. The number of carbonyl (C=O) groups excluding carboxylic acids is 1. The zero-order chi connectivity index (χ0) is 14.2. The van der Waals surface area contributed by atoms with Crippen molar-refractivity contribution in [2.45, 2.75) is 33.2 Å². The second-order valence-electron chi connectivity index (χ2n) is 5.65. The Hall–Kier alpha value is -1.78. The van der Waals surface area contributed by atoms with Gasteiger partial charge in [-0.05, 0) is 17.7 Å². The summed E-state index contributed by atoms with van der Waals surface area (Å²) in [5.74, 6) is -1.47. The minimum absolute atomic E-state index is 0.170. The Morgan fingerprint density at radius 3 is 2.37 bits per heavy atom. The molecule has 1 aromatic rings. The zero-order valence-corrected chi connectivity index (χ0v) is 11.2. The Bertz CT molecular complexity index is 514. The van der Waals surface area contributed by atoms with E-state index in [1.165, 1.54) is 17.1 Å². The molecule has 0 spiro atoms. The van der Waals surface area contributed by atoms with Gasteiger partial charge in [0.1, 0.15) is 11.6 Å². The number of nitrogens with zero attached hydrogens (tertiary/aromatic N) is 2. The van der Waals surface area contributed by atoms with Crippen LogP contribution in [0, 0.1) is 17.0 Å². The van der Waals surface area contributed by atoms with Crippen molar-refractivity contribution in [1.82, 2.24) is 5.01 Å². The number of halogens is 2. The van der Waals surface area contributed by atoms with Crippen LogP contribution in [-0.2, 0) is 4.79 Å². The normalized spacial score (nSPS) is 19.0.